The molecule has 1 aromatic rings. The van der Waals surface area contributed by atoms with Gasteiger partial charge >= 0.3 is 12.3 Å². The fourth-order valence-corrected chi connectivity index (χ4v) is 1.08. The Balaban J connectivity index is 2.59. The van der Waals surface area contributed by atoms with E-state index in [0.29, 0.717) is 5.56 Å². The maximum atomic E-state index is 11.8. The van der Waals surface area contributed by atoms with Crippen molar-refractivity contribution in [3.8, 4) is 0 Å². The Morgan fingerprint density at radius 2 is 2.24 bits per heavy atom. The molecular formula is C9H8ClF3N2O2. The highest BCUT2D eigenvalue weighted by molar-refractivity contribution is 6.32. The molecule has 0 aliphatic rings. The Labute approximate surface area is 99.7 Å². The van der Waals surface area contributed by atoms with Crippen LogP contribution in [0.5, 0.6) is 0 Å². The predicted octanol–water partition coefficient (Wildman–Crippen LogP) is 3.15. The summed E-state index contributed by atoms with van der Waals surface area (Å²) < 4.78 is 39.2. The minimum absolute atomic E-state index is 0.0282. The topological polar surface area (TPSA) is 51.2 Å². The lowest BCUT2D eigenvalue weighted by molar-refractivity contribution is -0.159. The lowest BCUT2D eigenvalue weighted by atomic mass is 10.3. The summed E-state index contributed by atoms with van der Waals surface area (Å²) in [5.74, 6) is 0. The first kappa shape index (κ1) is 13.6. The Hall–Kier alpha value is -1.50. The minimum Gasteiger partial charge on any atom is -0.440 e. The van der Waals surface area contributed by atoms with E-state index in [-0.39, 0.29) is 10.8 Å². The first-order valence-corrected chi connectivity index (χ1v) is 4.78. The highest BCUT2D eigenvalue weighted by Gasteiger charge is 2.29. The molecule has 0 aliphatic heterocycles. The summed E-state index contributed by atoms with van der Waals surface area (Å²) in [6.07, 6.45) is -4.35. The summed E-state index contributed by atoms with van der Waals surface area (Å²) in [5, 5.41) is 2.04. The van der Waals surface area contributed by atoms with Gasteiger partial charge in [-0.15, -0.1) is 0 Å². The number of nitrogens with one attached hydrogen (secondary N) is 1. The van der Waals surface area contributed by atoms with Gasteiger partial charge in [-0.2, -0.15) is 13.2 Å². The number of aryl methyl sites for hydroxylation is 1. The van der Waals surface area contributed by atoms with Gasteiger partial charge in [0, 0.05) is 6.20 Å². The van der Waals surface area contributed by atoms with E-state index in [1.54, 1.807) is 6.92 Å². The summed E-state index contributed by atoms with van der Waals surface area (Å²) in [5.41, 5.74) is 0.791. The Morgan fingerprint density at radius 1 is 1.59 bits per heavy atom. The van der Waals surface area contributed by atoms with E-state index in [2.05, 4.69) is 15.0 Å². The third-order valence-corrected chi connectivity index (χ3v) is 1.88. The third kappa shape index (κ3) is 4.90. The summed E-state index contributed by atoms with van der Waals surface area (Å²) >= 11 is 5.63. The van der Waals surface area contributed by atoms with Crippen LogP contribution >= 0.6 is 11.6 Å². The second-order valence-electron chi connectivity index (χ2n) is 3.17. The number of anilines is 1. The second kappa shape index (κ2) is 5.22. The van der Waals surface area contributed by atoms with Crippen molar-refractivity contribution in [2.75, 3.05) is 11.9 Å². The highest BCUT2D eigenvalue weighted by Crippen LogP contribution is 2.20. The minimum atomic E-state index is -4.56. The number of aromatic nitrogens is 1. The molecule has 0 spiro atoms. The van der Waals surface area contributed by atoms with E-state index in [1.165, 1.54) is 12.3 Å². The van der Waals surface area contributed by atoms with Gasteiger partial charge in [-0.25, -0.2) is 9.78 Å². The van der Waals surface area contributed by atoms with E-state index in [0.717, 1.165) is 0 Å². The molecule has 0 unspecified atom stereocenters. The highest BCUT2D eigenvalue weighted by atomic mass is 35.5. The fourth-order valence-electron chi connectivity index (χ4n) is 0.934. The van der Waals surface area contributed by atoms with Gasteiger partial charge in [-0.3, -0.25) is 5.32 Å². The lowest BCUT2D eigenvalue weighted by Crippen LogP contribution is -2.23. The first-order chi connectivity index (χ1) is 7.78. The SMILES string of the molecule is Cc1cnc(Cl)c(NC(=O)OCC(F)(F)F)c1. The van der Waals surface area contributed by atoms with Crippen molar-refractivity contribution in [2.45, 2.75) is 13.1 Å². The zero-order valence-electron chi connectivity index (χ0n) is 8.64. The van der Waals surface area contributed by atoms with Gasteiger partial charge in [0.05, 0.1) is 5.69 Å². The lowest BCUT2D eigenvalue weighted by Gasteiger charge is -2.10. The van der Waals surface area contributed by atoms with Crippen LogP contribution in [-0.2, 0) is 4.74 Å². The van der Waals surface area contributed by atoms with Crippen LogP contribution in [0.4, 0.5) is 23.7 Å². The van der Waals surface area contributed by atoms with Gasteiger partial charge in [0.25, 0.3) is 0 Å². The van der Waals surface area contributed by atoms with Gasteiger partial charge in [0.15, 0.2) is 11.8 Å². The van der Waals surface area contributed by atoms with Crippen LogP contribution in [0.25, 0.3) is 0 Å². The number of hydrogen-bond acceptors (Lipinski definition) is 3. The van der Waals surface area contributed by atoms with Crippen molar-refractivity contribution < 1.29 is 22.7 Å². The molecule has 0 aliphatic carbocycles. The standard InChI is InChI=1S/C9H8ClF3N2O2/c1-5-2-6(7(10)14-3-5)15-8(16)17-4-9(11,12)13/h2-3H,4H2,1H3,(H,15,16). The van der Waals surface area contributed by atoms with Gasteiger partial charge in [0.1, 0.15) is 0 Å². The Bertz CT molecular complexity index is 423. The van der Waals surface area contributed by atoms with E-state index in [4.69, 9.17) is 11.6 Å². The van der Waals surface area contributed by atoms with E-state index in [9.17, 15) is 18.0 Å². The van der Waals surface area contributed by atoms with Crippen LogP contribution in [-0.4, -0.2) is 23.9 Å². The maximum Gasteiger partial charge on any atom is 0.422 e. The molecule has 4 nitrogen and oxygen atoms in total. The fraction of sp³-hybridized carbons (Fsp3) is 0.333. The smallest absolute Gasteiger partial charge is 0.422 e. The summed E-state index contributed by atoms with van der Waals surface area (Å²) in [6.45, 7) is 0.0330. The number of nitrogens with zero attached hydrogens (tertiary/aromatic N) is 1. The third-order valence-electron chi connectivity index (χ3n) is 1.58. The monoisotopic (exact) mass is 268 g/mol. The normalized spacial score (nSPS) is 11.1. The Kier molecular flexibility index (Phi) is 4.17. The number of ether oxygens (including phenoxy) is 1. The predicted molar refractivity (Wildman–Crippen MR) is 55.0 cm³/mol. The largest absolute Gasteiger partial charge is 0.440 e. The van der Waals surface area contributed by atoms with E-state index < -0.39 is 18.9 Å². The van der Waals surface area contributed by atoms with Crippen molar-refractivity contribution in [3.63, 3.8) is 0 Å². The average molecular weight is 269 g/mol. The number of alkyl halides is 3. The van der Waals surface area contributed by atoms with Crippen LogP contribution in [0.3, 0.4) is 0 Å². The molecule has 1 aromatic heterocycles. The number of pyridine rings is 1. The molecule has 17 heavy (non-hydrogen) atoms. The van der Waals surface area contributed by atoms with Crippen LogP contribution in [0.1, 0.15) is 5.56 Å². The molecule has 0 atom stereocenters. The van der Waals surface area contributed by atoms with Gasteiger partial charge < -0.3 is 4.74 Å². The van der Waals surface area contributed by atoms with Gasteiger partial charge in [-0.1, -0.05) is 11.6 Å². The van der Waals surface area contributed by atoms with Crippen molar-refractivity contribution >= 4 is 23.4 Å². The second-order valence-corrected chi connectivity index (χ2v) is 3.53. The number of halogens is 4. The van der Waals surface area contributed by atoms with Crippen LogP contribution < -0.4 is 5.32 Å². The molecule has 8 heteroatoms. The first-order valence-electron chi connectivity index (χ1n) is 4.40. The number of hydrogen-bond donors (Lipinski definition) is 1. The molecule has 0 aromatic carbocycles. The molecule has 0 saturated heterocycles. The van der Waals surface area contributed by atoms with Crippen LogP contribution in [0, 0.1) is 6.92 Å². The molecule has 0 saturated carbocycles. The summed E-state index contributed by atoms with van der Waals surface area (Å²) in [7, 11) is 0. The molecule has 94 valence electrons. The molecule has 0 radical (unpaired) electrons. The van der Waals surface area contributed by atoms with Gasteiger partial charge in [0.2, 0.25) is 0 Å². The van der Waals surface area contributed by atoms with Gasteiger partial charge in [-0.05, 0) is 18.6 Å². The van der Waals surface area contributed by atoms with Crippen LogP contribution in [0.15, 0.2) is 12.3 Å². The summed E-state index contributed by atoms with van der Waals surface area (Å²) in [4.78, 5) is 14.7. The zero-order valence-corrected chi connectivity index (χ0v) is 9.39. The van der Waals surface area contributed by atoms with Crippen LogP contribution in [0.2, 0.25) is 5.15 Å². The van der Waals surface area contributed by atoms with Crippen molar-refractivity contribution in [1.29, 1.82) is 0 Å². The summed E-state index contributed by atoms with van der Waals surface area (Å²) in [6, 6.07) is 1.46. The van der Waals surface area contributed by atoms with E-state index >= 15 is 0 Å². The quantitative estimate of drug-likeness (QED) is 0.838. The van der Waals surface area contributed by atoms with Crippen molar-refractivity contribution in [2.24, 2.45) is 0 Å². The van der Waals surface area contributed by atoms with E-state index in [1.807, 2.05) is 0 Å². The number of carbonyl (C=O) groups is 1. The number of rotatable bonds is 2. The van der Waals surface area contributed by atoms with Crippen molar-refractivity contribution in [1.82, 2.24) is 4.98 Å². The molecule has 0 bridgehead atoms. The zero-order chi connectivity index (χ0) is 13.1. The molecule has 1 rings (SSSR count). The molecule has 1 N–H and O–H groups in total. The average Bonchev–Trinajstić information content (AvgIpc) is 2.20. The van der Waals surface area contributed by atoms with Crippen molar-refractivity contribution in [3.05, 3.63) is 23.0 Å². The molecular weight excluding hydrogens is 261 g/mol. The number of carbonyl (C=O) groups excluding carboxylic acids is 1. The number of amides is 1. The Morgan fingerprint density at radius 3 is 2.82 bits per heavy atom. The molecule has 1 heterocycles. The molecule has 1 amide bonds. The molecule has 0 fully saturated rings. The maximum absolute atomic E-state index is 11.8.